The number of fused-ring (bicyclic) bond motifs is 1. The summed E-state index contributed by atoms with van der Waals surface area (Å²) in [6.45, 7) is 11.5. The second-order valence-corrected chi connectivity index (χ2v) is 8.37. The Kier molecular flexibility index (Phi) is 7.37. The predicted molar refractivity (Wildman–Crippen MR) is 130 cm³/mol. The number of piperidine rings is 1. The lowest BCUT2D eigenvalue weighted by atomic mass is 10.0. The summed E-state index contributed by atoms with van der Waals surface area (Å²) in [5.41, 5.74) is 2.95. The quantitative estimate of drug-likeness (QED) is 0.264. The van der Waals surface area contributed by atoms with Crippen molar-refractivity contribution in [2.75, 3.05) is 26.3 Å². The van der Waals surface area contributed by atoms with E-state index in [4.69, 9.17) is 19.3 Å². The first-order chi connectivity index (χ1) is 16.5. The summed E-state index contributed by atoms with van der Waals surface area (Å²) in [6, 6.07) is 11.7. The van der Waals surface area contributed by atoms with Gasteiger partial charge in [-0.3, -0.25) is 4.90 Å². The van der Waals surface area contributed by atoms with Gasteiger partial charge in [0.1, 0.15) is 18.2 Å². The normalized spacial score (nSPS) is 14.8. The van der Waals surface area contributed by atoms with E-state index in [1.807, 2.05) is 26.0 Å². The molecule has 1 fully saturated rings. The zero-order valence-corrected chi connectivity index (χ0v) is 19.7. The van der Waals surface area contributed by atoms with Crippen LogP contribution in [0.3, 0.4) is 0 Å². The van der Waals surface area contributed by atoms with Crippen molar-refractivity contribution < 1.29 is 24.1 Å². The maximum absolute atomic E-state index is 10.8. The Morgan fingerprint density at radius 3 is 2.68 bits per heavy atom. The van der Waals surface area contributed by atoms with Crippen LogP contribution in [0.2, 0.25) is 0 Å². The van der Waals surface area contributed by atoms with Crippen molar-refractivity contribution in [1.29, 1.82) is 0 Å². The summed E-state index contributed by atoms with van der Waals surface area (Å²) in [5, 5.41) is 8.85. The van der Waals surface area contributed by atoms with Crippen LogP contribution in [0.25, 0.3) is 11.0 Å². The van der Waals surface area contributed by atoms with E-state index in [1.165, 1.54) is 5.56 Å². The predicted octanol–water partition coefficient (Wildman–Crippen LogP) is 5.20. The van der Waals surface area contributed by atoms with Gasteiger partial charge in [-0.25, -0.2) is 9.78 Å². The van der Waals surface area contributed by atoms with Crippen LogP contribution in [-0.4, -0.2) is 52.0 Å². The van der Waals surface area contributed by atoms with Gasteiger partial charge in [0.05, 0.1) is 17.6 Å². The second-order valence-electron chi connectivity index (χ2n) is 8.37. The number of carboxylic acid groups (broad SMARTS) is 1. The molecule has 0 bridgehead atoms. The van der Waals surface area contributed by atoms with Gasteiger partial charge in [0.25, 0.3) is 0 Å². The number of hydrogen-bond acceptors (Lipinski definition) is 6. The minimum atomic E-state index is -1.32. The molecule has 8 nitrogen and oxygen atoms in total. The van der Waals surface area contributed by atoms with Crippen molar-refractivity contribution in [2.45, 2.75) is 39.3 Å². The molecule has 2 aromatic carbocycles. The van der Waals surface area contributed by atoms with E-state index >= 15 is 0 Å². The molecule has 1 aliphatic rings. The Balaban J connectivity index is 1.42. The largest absolute Gasteiger partial charge is 0.511 e. The van der Waals surface area contributed by atoms with Gasteiger partial charge < -0.3 is 23.9 Å². The summed E-state index contributed by atoms with van der Waals surface area (Å²) in [7, 11) is 0. The minimum Gasteiger partial charge on any atom is -0.490 e. The lowest BCUT2D eigenvalue weighted by Gasteiger charge is -2.33. The lowest BCUT2D eigenvalue weighted by molar-refractivity contribution is 0.144. The van der Waals surface area contributed by atoms with Crippen LogP contribution in [0.1, 0.15) is 37.2 Å². The molecule has 0 saturated carbocycles. The lowest BCUT2D eigenvalue weighted by Crippen LogP contribution is -2.34. The first-order valence-electron chi connectivity index (χ1n) is 11.6. The Bertz CT molecular complexity index is 1160. The fourth-order valence-electron chi connectivity index (χ4n) is 4.61. The molecule has 0 unspecified atom stereocenters. The molecule has 1 aliphatic heterocycles. The van der Waals surface area contributed by atoms with Crippen LogP contribution in [-0.2, 0) is 6.54 Å². The number of imidazole rings is 1. The van der Waals surface area contributed by atoms with Gasteiger partial charge >= 0.3 is 6.16 Å². The summed E-state index contributed by atoms with van der Waals surface area (Å²) < 4.78 is 18.5. The SMILES string of the molecule is C=CCOc1ccc(CN2CCC(n3c(C)nc4cc(OC(=O)O)ccc43)CC2)cc1OCC. The highest BCUT2D eigenvalue weighted by Crippen LogP contribution is 2.32. The fraction of sp³-hybridized carbons (Fsp3) is 0.385. The van der Waals surface area contributed by atoms with Crippen molar-refractivity contribution in [3.8, 4) is 17.2 Å². The third-order valence-electron chi connectivity index (χ3n) is 6.04. The van der Waals surface area contributed by atoms with E-state index in [9.17, 15) is 4.79 Å². The smallest absolute Gasteiger partial charge is 0.490 e. The van der Waals surface area contributed by atoms with Gasteiger partial charge in [-0.1, -0.05) is 18.7 Å². The number of likely N-dealkylation sites (tertiary alicyclic amines) is 1. The highest BCUT2D eigenvalue weighted by Gasteiger charge is 2.24. The molecule has 2 heterocycles. The van der Waals surface area contributed by atoms with E-state index in [1.54, 1.807) is 18.2 Å². The zero-order chi connectivity index (χ0) is 24.1. The topological polar surface area (TPSA) is 86.0 Å². The first-order valence-corrected chi connectivity index (χ1v) is 11.6. The van der Waals surface area contributed by atoms with Crippen LogP contribution >= 0.6 is 0 Å². The summed E-state index contributed by atoms with van der Waals surface area (Å²) >= 11 is 0. The van der Waals surface area contributed by atoms with Gasteiger partial charge in [-0.05, 0) is 56.5 Å². The molecule has 180 valence electrons. The zero-order valence-electron chi connectivity index (χ0n) is 19.7. The minimum absolute atomic E-state index is 0.284. The molecule has 34 heavy (non-hydrogen) atoms. The number of ether oxygens (including phenoxy) is 3. The maximum Gasteiger partial charge on any atom is 0.511 e. The molecule has 0 atom stereocenters. The summed E-state index contributed by atoms with van der Waals surface area (Å²) in [6.07, 6.45) is 2.42. The van der Waals surface area contributed by atoms with Crippen LogP contribution in [0.5, 0.6) is 17.2 Å². The Hall–Kier alpha value is -3.52. The molecule has 0 radical (unpaired) electrons. The standard InChI is InChI=1S/C26H31N3O5/c1-4-14-33-24-9-6-19(15-25(24)32-5-2)17-28-12-10-20(11-13-28)29-18(3)27-22-16-21(34-26(30)31)7-8-23(22)29/h4,6-9,15-16,20H,1,5,10-14,17H2,2-3H3,(H,30,31). The molecule has 3 aromatic rings. The van der Waals surface area contributed by atoms with Gasteiger partial charge in [0.2, 0.25) is 0 Å². The van der Waals surface area contributed by atoms with Crippen molar-refractivity contribution >= 4 is 17.2 Å². The average molecular weight is 466 g/mol. The Labute approximate surface area is 199 Å². The highest BCUT2D eigenvalue weighted by molar-refractivity contribution is 5.79. The number of aryl methyl sites for hydroxylation is 1. The van der Waals surface area contributed by atoms with E-state index in [0.29, 0.717) is 19.3 Å². The van der Waals surface area contributed by atoms with E-state index < -0.39 is 6.16 Å². The molecule has 0 amide bonds. The average Bonchev–Trinajstić information content (AvgIpc) is 3.14. The van der Waals surface area contributed by atoms with Crippen LogP contribution < -0.4 is 14.2 Å². The van der Waals surface area contributed by atoms with Crippen molar-refractivity contribution in [3.05, 3.63) is 60.4 Å². The second kappa shape index (κ2) is 10.6. The summed E-state index contributed by atoms with van der Waals surface area (Å²) in [4.78, 5) is 17.9. The third-order valence-corrected chi connectivity index (χ3v) is 6.04. The molecule has 4 rings (SSSR count). The molecule has 0 spiro atoms. The first kappa shape index (κ1) is 23.6. The van der Waals surface area contributed by atoms with Gasteiger partial charge in [0, 0.05) is 31.7 Å². The summed E-state index contributed by atoms with van der Waals surface area (Å²) in [5.74, 6) is 2.72. The number of rotatable bonds is 9. The maximum atomic E-state index is 10.8. The van der Waals surface area contributed by atoms with Crippen LogP contribution in [0.4, 0.5) is 4.79 Å². The molecular weight excluding hydrogens is 434 g/mol. The van der Waals surface area contributed by atoms with Crippen molar-refractivity contribution in [2.24, 2.45) is 0 Å². The van der Waals surface area contributed by atoms with Gasteiger partial charge in [-0.2, -0.15) is 0 Å². The van der Waals surface area contributed by atoms with E-state index in [2.05, 4.69) is 33.2 Å². The number of hydrogen-bond donors (Lipinski definition) is 1. The molecule has 1 N–H and O–H groups in total. The van der Waals surface area contributed by atoms with Crippen LogP contribution in [0.15, 0.2) is 49.1 Å². The number of benzene rings is 2. The third kappa shape index (κ3) is 5.34. The monoisotopic (exact) mass is 465 g/mol. The number of nitrogens with zero attached hydrogens (tertiary/aromatic N) is 3. The van der Waals surface area contributed by atoms with Gasteiger partial charge in [-0.15, -0.1) is 0 Å². The molecule has 1 saturated heterocycles. The van der Waals surface area contributed by atoms with Gasteiger partial charge in [0.15, 0.2) is 11.5 Å². The molecule has 1 aromatic heterocycles. The van der Waals surface area contributed by atoms with Crippen molar-refractivity contribution in [3.63, 3.8) is 0 Å². The van der Waals surface area contributed by atoms with E-state index in [-0.39, 0.29) is 5.75 Å². The Morgan fingerprint density at radius 2 is 1.97 bits per heavy atom. The van der Waals surface area contributed by atoms with Crippen LogP contribution in [0, 0.1) is 6.92 Å². The molecule has 0 aliphatic carbocycles. The van der Waals surface area contributed by atoms with E-state index in [0.717, 1.165) is 60.8 Å². The number of carbonyl (C=O) groups is 1. The highest BCUT2D eigenvalue weighted by atomic mass is 16.7. The molecular formula is C26H31N3O5. The molecule has 8 heteroatoms. The van der Waals surface area contributed by atoms with Crippen molar-refractivity contribution in [1.82, 2.24) is 14.5 Å². The Morgan fingerprint density at radius 1 is 1.18 bits per heavy atom. The number of aromatic nitrogens is 2. The fourth-order valence-corrected chi connectivity index (χ4v) is 4.61.